The zero-order chi connectivity index (χ0) is 35.9. The van der Waals surface area contributed by atoms with Crippen LogP contribution in [0.1, 0.15) is 38.3 Å². The first kappa shape index (κ1) is 37.0. The Labute approximate surface area is 270 Å². The molecular formula is C31H34F3N5O9. The van der Waals surface area contributed by atoms with Crippen LogP contribution < -0.4 is 32.6 Å². The molecule has 0 fully saturated rings. The van der Waals surface area contributed by atoms with Gasteiger partial charge in [0.2, 0.25) is 23.6 Å². The van der Waals surface area contributed by atoms with Gasteiger partial charge in [-0.1, -0.05) is 26.0 Å². The molecule has 4 amide bonds. The lowest BCUT2D eigenvalue weighted by atomic mass is 10.0. The SMILES string of the molecule is CC(C)[C@H](NC(=O)[C@@H](N)Cc1ccc(O)cc1)C(=O)N[C@@H](C)C(=O)N[C@@H](CC(=O)O)C(=O)Nc1ccc2c(C(F)(F)F)cc(=O)oc2c1. The van der Waals surface area contributed by atoms with Crippen molar-refractivity contribution in [3.05, 3.63) is 70.1 Å². The third-order valence-corrected chi connectivity index (χ3v) is 7.06. The van der Waals surface area contributed by atoms with Gasteiger partial charge >= 0.3 is 17.8 Å². The van der Waals surface area contributed by atoms with Gasteiger partial charge in [0, 0.05) is 23.2 Å². The lowest BCUT2D eigenvalue weighted by Crippen LogP contribution is -2.58. The van der Waals surface area contributed by atoms with E-state index in [9.17, 15) is 52.2 Å². The number of rotatable bonds is 13. The number of nitrogens with one attached hydrogen (secondary N) is 4. The maximum atomic E-state index is 13.4. The Morgan fingerprint density at radius 2 is 1.52 bits per heavy atom. The number of alkyl halides is 3. The Hall–Kier alpha value is -5.45. The Morgan fingerprint density at radius 3 is 2.10 bits per heavy atom. The molecule has 0 aliphatic rings. The highest BCUT2D eigenvalue weighted by molar-refractivity contribution is 6.01. The fourth-order valence-corrected chi connectivity index (χ4v) is 4.53. The number of amides is 4. The summed E-state index contributed by atoms with van der Waals surface area (Å²) in [5.74, 6) is -5.39. The van der Waals surface area contributed by atoms with Crippen molar-refractivity contribution in [1.29, 1.82) is 0 Å². The number of nitrogens with two attached hydrogens (primary N) is 1. The molecule has 3 aromatic rings. The molecule has 0 radical (unpaired) electrons. The molecule has 0 saturated carbocycles. The third-order valence-electron chi connectivity index (χ3n) is 7.06. The number of carbonyl (C=O) groups is 5. The number of aromatic hydroxyl groups is 1. The Balaban J connectivity index is 1.67. The van der Waals surface area contributed by atoms with Gasteiger partial charge < -0.3 is 41.6 Å². The van der Waals surface area contributed by atoms with Crippen molar-refractivity contribution >= 4 is 46.3 Å². The summed E-state index contributed by atoms with van der Waals surface area (Å²) in [6, 6.07) is 4.03. The monoisotopic (exact) mass is 677 g/mol. The van der Waals surface area contributed by atoms with E-state index >= 15 is 0 Å². The van der Waals surface area contributed by atoms with Crippen LogP contribution in [0.4, 0.5) is 18.9 Å². The quantitative estimate of drug-likeness (QED) is 0.129. The number of halogens is 3. The largest absolute Gasteiger partial charge is 0.508 e. The molecular weight excluding hydrogens is 643 g/mol. The molecule has 3 rings (SSSR count). The van der Waals surface area contributed by atoms with Crippen LogP contribution in [0.25, 0.3) is 11.0 Å². The van der Waals surface area contributed by atoms with Crippen LogP contribution in [0.2, 0.25) is 0 Å². The minimum atomic E-state index is -4.87. The third kappa shape index (κ3) is 10.0. The van der Waals surface area contributed by atoms with Gasteiger partial charge in [-0.25, -0.2) is 4.79 Å². The summed E-state index contributed by atoms with van der Waals surface area (Å²) in [5, 5.41) is 27.7. The fourth-order valence-electron chi connectivity index (χ4n) is 4.53. The van der Waals surface area contributed by atoms with E-state index in [1.807, 2.05) is 0 Å². The van der Waals surface area contributed by atoms with Crippen LogP contribution in [0.15, 0.2) is 57.7 Å². The van der Waals surface area contributed by atoms with Crippen molar-refractivity contribution in [2.24, 2.45) is 11.7 Å². The Bertz CT molecular complexity index is 1740. The molecule has 258 valence electrons. The molecule has 0 unspecified atom stereocenters. The van der Waals surface area contributed by atoms with E-state index in [0.29, 0.717) is 5.56 Å². The van der Waals surface area contributed by atoms with E-state index in [2.05, 4.69) is 21.3 Å². The van der Waals surface area contributed by atoms with Gasteiger partial charge in [-0.05, 0) is 49.1 Å². The van der Waals surface area contributed by atoms with Gasteiger partial charge in [-0.3, -0.25) is 24.0 Å². The summed E-state index contributed by atoms with van der Waals surface area (Å²) in [5.41, 5.74) is 3.45. The molecule has 0 bridgehead atoms. The highest BCUT2D eigenvalue weighted by Gasteiger charge is 2.34. The second kappa shape index (κ2) is 15.4. The summed E-state index contributed by atoms with van der Waals surface area (Å²) < 4.78 is 44.9. The lowest BCUT2D eigenvalue weighted by molar-refractivity contribution is -0.140. The van der Waals surface area contributed by atoms with Gasteiger partial charge in [-0.2, -0.15) is 13.2 Å². The normalized spacial score (nSPS) is 14.0. The van der Waals surface area contributed by atoms with Gasteiger partial charge in [0.1, 0.15) is 29.5 Å². The molecule has 0 spiro atoms. The van der Waals surface area contributed by atoms with E-state index in [1.165, 1.54) is 19.1 Å². The summed E-state index contributed by atoms with van der Waals surface area (Å²) >= 11 is 0. The highest BCUT2D eigenvalue weighted by atomic mass is 19.4. The van der Waals surface area contributed by atoms with Crippen LogP contribution in [-0.2, 0) is 36.6 Å². The Kier molecular flexibility index (Phi) is 11.9. The molecule has 8 N–H and O–H groups in total. The second-order valence-corrected chi connectivity index (χ2v) is 11.3. The number of phenolic OH excluding ortho intramolecular Hbond substituents is 1. The van der Waals surface area contributed by atoms with Gasteiger partial charge in [-0.15, -0.1) is 0 Å². The van der Waals surface area contributed by atoms with E-state index in [1.54, 1.807) is 26.0 Å². The number of benzene rings is 2. The van der Waals surface area contributed by atoms with Crippen molar-refractivity contribution in [1.82, 2.24) is 16.0 Å². The number of fused-ring (bicyclic) bond motifs is 1. The first-order valence-electron chi connectivity index (χ1n) is 14.5. The number of phenols is 1. The number of hydrogen-bond acceptors (Lipinski definition) is 9. The standard InChI is InChI=1S/C31H34F3N5O9/c1-14(2)26(39-28(45)21(35)10-16-4-7-18(40)8-5-16)30(47)36-15(3)27(44)38-22(13-24(41)42)29(46)37-17-6-9-19-20(31(32,33)34)12-25(43)48-23(19)11-17/h4-9,11-12,14-15,21-22,26,40H,10,13,35H2,1-3H3,(H,36,47)(H,37,46)(H,38,44)(H,39,45)(H,41,42)/t15-,21-,22-,26-/m0/s1. The fraction of sp³-hybridized carbons (Fsp3) is 0.355. The second-order valence-electron chi connectivity index (χ2n) is 11.3. The summed E-state index contributed by atoms with van der Waals surface area (Å²) in [6.07, 6.45) is -5.68. The molecule has 4 atom stereocenters. The topological polar surface area (TPSA) is 230 Å². The van der Waals surface area contributed by atoms with Crippen LogP contribution in [-0.4, -0.2) is 64.0 Å². The first-order valence-corrected chi connectivity index (χ1v) is 14.5. The maximum absolute atomic E-state index is 13.4. The van der Waals surface area contributed by atoms with Crippen molar-refractivity contribution < 1.29 is 51.8 Å². The molecule has 2 aromatic carbocycles. The highest BCUT2D eigenvalue weighted by Crippen LogP contribution is 2.34. The van der Waals surface area contributed by atoms with E-state index in [0.717, 1.165) is 18.2 Å². The summed E-state index contributed by atoms with van der Waals surface area (Å²) in [4.78, 5) is 74.9. The van der Waals surface area contributed by atoms with Gasteiger partial charge in [0.05, 0.1) is 18.0 Å². The van der Waals surface area contributed by atoms with Crippen LogP contribution >= 0.6 is 0 Å². The van der Waals surface area contributed by atoms with Crippen molar-refractivity contribution in [2.75, 3.05) is 5.32 Å². The maximum Gasteiger partial charge on any atom is 0.417 e. The minimum Gasteiger partial charge on any atom is -0.508 e. The van der Waals surface area contributed by atoms with Gasteiger partial charge in [0.25, 0.3) is 0 Å². The van der Waals surface area contributed by atoms with Crippen molar-refractivity contribution in [3.8, 4) is 5.75 Å². The van der Waals surface area contributed by atoms with Crippen LogP contribution in [0, 0.1) is 5.92 Å². The average Bonchev–Trinajstić information content (AvgIpc) is 2.98. The Morgan fingerprint density at radius 1 is 0.875 bits per heavy atom. The molecule has 17 heteroatoms. The molecule has 1 heterocycles. The molecule has 0 aliphatic carbocycles. The zero-order valence-electron chi connectivity index (χ0n) is 25.9. The number of aliphatic carboxylic acids is 1. The van der Waals surface area contributed by atoms with Crippen molar-refractivity contribution in [3.63, 3.8) is 0 Å². The van der Waals surface area contributed by atoms with E-state index < -0.39 is 94.4 Å². The predicted octanol–water partition coefficient (Wildman–Crippen LogP) is 1.63. The number of carboxylic acids is 1. The molecule has 14 nitrogen and oxygen atoms in total. The molecule has 1 aromatic heterocycles. The molecule has 0 saturated heterocycles. The van der Waals surface area contributed by atoms with E-state index in [-0.39, 0.29) is 23.9 Å². The first-order chi connectivity index (χ1) is 22.3. The van der Waals surface area contributed by atoms with Gasteiger partial charge in [0.15, 0.2) is 0 Å². The minimum absolute atomic E-state index is 0.0356. The predicted molar refractivity (Wildman–Crippen MR) is 164 cm³/mol. The molecule has 48 heavy (non-hydrogen) atoms. The number of hydrogen-bond donors (Lipinski definition) is 7. The molecule has 0 aliphatic heterocycles. The van der Waals surface area contributed by atoms with Crippen LogP contribution in [0.5, 0.6) is 5.75 Å². The van der Waals surface area contributed by atoms with E-state index in [4.69, 9.17) is 10.2 Å². The number of anilines is 1. The smallest absolute Gasteiger partial charge is 0.417 e. The zero-order valence-corrected chi connectivity index (χ0v) is 25.9. The summed E-state index contributed by atoms with van der Waals surface area (Å²) in [7, 11) is 0. The lowest BCUT2D eigenvalue weighted by Gasteiger charge is -2.26. The van der Waals surface area contributed by atoms with Crippen molar-refractivity contribution in [2.45, 2.75) is 64.0 Å². The summed E-state index contributed by atoms with van der Waals surface area (Å²) in [6.45, 7) is 4.52. The average molecular weight is 678 g/mol. The van der Waals surface area contributed by atoms with Crippen LogP contribution in [0.3, 0.4) is 0 Å². The number of carbonyl (C=O) groups excluding carboxylic acids is 4. The number of carboxylic acid groups (broad SMARTS) is 1.